The van der Waals surface area contributed by atoms with Crippen molar-refractivity contribution in [3.63, 3.8) is 0 Å². The fourth-order valence-electron chi connectivity index (χ4n) is 3.47. The van der Waals surface area contributed by atoms with Crippen molar-refractivity contribution in [2.45, 2.75) is 32.2 Å². The van der Waals surface area contributed by atoms with Crippen LogP contribution in [0.4, 0.5) is 5.69 Å². The molecule has 2 aromatic rings. The molecule has 1 aromatic heterocycles. The lowest BCUT2D eigenvalue weighted by Crippen LogP contribution is -2.40. The molecule has 0 aliphatic heterocycles. The van der Waals surface area contributed by atoms with E-state index in [9.17, 15) is 9.59 Å². The number of nitrogens with zero attached hydrogens (tertiary/aromatic N) is 1. The zero-order valence-corrected chi connectivity index (χ0v) is 17.3. The van der Waals surface area contributed by atoms with E-state index in [1.807, 2.05) is 19.1 Å². The highest BCUT2D eigenvalue weighted by molar-refractivity contribution is 6.09. The van der Waals surface area contributed by atoms with E-state index in [0.717, 1.165) is 24.8 Å². The van der Waals surface area contributed by atoms with Crippen LogP contribution in [-0.4, -0.2) is 29.4 Å². The Bertz CT molecular complexity index is 802. The number of rotatable bonds is 5. The fourth-order valence-corrected chi connectivity index (χ4v) is 3.47. The first kappa shape index (κ1) is 23.9. The van der Waals surface area contributed by atoms with Gasteiger partial charge in [-0.3, -0.25) is 14.6 Å². The van der Waals surface area contributed by atoms with E-state index in [2.05, 4.69) is 15.6 Å². The van der Waals surface area contributed by atoms with E-state index in [4.69, 9.17) is 5.73 Å². The van der Waals surface area contributed by atoms with Gasteiger partial charge in [-0.2, -0.15) is 0 Å². The Balaban J connectivity index is 0.00000196. The lowest BCUT2D eigenvalue weighted by molar-refractivity contribution is 0.0929. The summed E-state index contributed by atoms with van der Waals surface area (Å²) in [6, 6.07) is 8.79. The first-order valence-electron chi connectivity index (χ1n) is 8.92. The molecule has 1 heterocycles. The smallest absolute Gasteiger partial charge is 0.255 e. The minimum atomic E-state index is -0.267. The second-order valence-corrected chi connectivity index (χ2v) is 6.69. The maximum Gasteiger partial charge on any atom is 0.255 e. The lowest BCUT2D eigenvalue weighted by Gasteiger charge is -2.21. The minimum Gasteiger partial charge on any atom is -0.349 e. The van der Waals surface area contributed by atoms with Crippen LogP contribution in [0.5, 0.6) is 0 Å². The summed E-state index contributed by atoms with van der Waals surface area (Å²) in [7, 11) is 0. The number of pyridine rings is 1. The number of aromatic nitrogens is 1. The van der Waals surface area contributed by atoms with E-state index in [1.54, 1.807) is 30.6 Å². The molecule has 2 amide bonds. The van der Waals surface area contributed by atoms with Gasteiger partial charge in [-0.05, 0) is 56.0 Å². The standard InChI is InChI=1S/C20H24N4O2.2ClH/c1-13-4-2-6-16(20(26)23-17-7-3-5-15(17)12-21)18(13)24-19(25)14-8-10-22-11-9-14;;/h2,4,6,8-11,15,17H,3,5,7,12,21H2,1H3,(H,23,26)(H,24,25);2*1H. The van der Waals surface area contributed by atoms with E-state index in [0.29, 0.717) is 29.3 Å². The molecule has 0 saturated heterocycles. The zero-order valence-electron chi connectivity index (χ0n) is 15.7. The highest BCUT2D eigenvalue weighted by Crippen LogP contribution is 2.26. The van der Waals surface area contributed by atoms with Gasteiger partial charge in [0.1, 0.15) is 0 Å². The molecule has 0 radical (unpaired) electrons. The predicted molar refractivity (Wildman–Crippen MR) is 116 cm³/mol. The van der Waals surface area contributed by atoms with Crippen LogP contribution in [0.2, 0.25) is 0 Å². The molecule has 1 aliphatic rings. The van der Waals surface area contributed by atoms with Gasteiger partial charge < -0.3 is 16.4 Å². The number of halogens is 2. The molecular formula is C20H26Cl2N4O2. The number of carbonyl (C=O) groups is 2. The van der Waals surface area contributed by atoms with Crippen LogP contribution in [0.1, 0.15) is 45.5 Å². The first-order chi connectivity index (χ1) is 12.6. The summed E-state index contributed by atoms with van der Waals surface area (Å²) in [5.74, 6) is -0.126. The Kier molecular flexibility index (Phi) is 9.38. The van der Waals surface area contributed by atoms with Gasteiger partial charge in [0, 0.05) is 24.0 Å². The third-order valence-corrected chi connectivity index (χ3v) is 4.98. The summed E-state index contributed by atoms with van der Waals surface area (Å²) in [4.78, 5) is 29.3. The highest BCUT2D eigenvalue weighted by Gasteiger charge is 2.28. The summed E-state index contributed by atoms with van der Waals surface area (Å²) in [5.41, 5.74) is 8.14. The Labute approximate surface area is 177 Å². The van der Waals surface area contributed by atoms with Gasteiger partial charge in [0.2, 0.25) is 0 Å². The quantitative estimate of drug-likeness (QED) is 0.685. The number of aryl methyl sites for hydroxylation is 1. The molecule has 8 heteroatoms. The second-order valence-electron chi connectivity index (χ2n) is 6.69. The van der Waals surface area contributed by atoms with Crippen molar-refractivity contribution < 1.29 is 9.59 Å². The molecule has 3 rings (SSSR count). The van der Waals surface area contributed by atoms with Gasteiger partial charge in [0.25, 0.3) is 11.8 Å². The monoisotopic (exact) mass is 424 g/mol. The number of anilines is 1. The van der Waals surface area contributed by atoms with Gasteiger partial charge in [0.05, 0.1) is 11.3 Å². The Morgan fingerprint density at radius 1 is 1.11 bits per heavy atom. The van der Waals surface area contributed by atoms with E-state index in [1.165, 1.54) is 0 Å². The van der Waals surface area contributed by atoms with Gasteiger partial charge in [-0.1, -0.05) is 18.6 Å². The Morgan fingerprint density at radius 3 is 2.50 bits per heavy atom. The third-order valence-electron chi connectivity index (χ3n) is 4.98. The summed E-state index contributed by atoms with van der Waals surface area (Å²) in [5, 5.41) is 5.97. The van der Waals surface area contributed by atoms with Crippen LogP contribution < -0.4 is 16.4 Å². The number of hydrogen-bond acceptors (Lipinski definition) is 4. The van der Waals surface area contributed by atoms with Gasteiger partial charge >= 0.3 is 0 Å². The van der Waals surface area contributed by atoms with Crippen LogP contribution in [-0.2, 0) is 0 Å². The average molecular weight is 425 g/mol. The van der Waals surface area contributed by atoms with Crippen LogP contribution in [0.3, 0.4) is 0 Å². The molecular weight excluding hydrogens is 399 g/mol. The summed E-state index contributed by atoms with van der Waals surface area (Å²) < 4.78 is 0. The topological polar surface area (TPSA) is 97.1 Å². The van der Waals surface area contributed by atoms with Crippen LogP contribution in [0, 0.1) is 12.8 Å². The Hall–Kier alpha value is -2.15. The van der Waals surface area contributed by atoms with Gasteiger partial charge in [-0.25, -0.2) is 0 Å². The lowest BCUT2D eigenvalue weighted by atomic mass is 10.0. The van der Waals surface area contributed by atoms with Crippen molar-refractivity contribution in [2.24, 2.45) is 11.7 Å². The highest BCUT2D eigenvalue weighted by atomic mass is 35.5. The number of benzene rings is 1. The van der Waals surface area contributed by atoms with Crippen molar-refractivity contribution in [3.05, 3.63) is 59.4 Å². The molecule has 1 saturated carbocycles. The fraction of sp³-hybridized carbons (Fsp3) is 0.350. The van der Waals surface area contributed by atoms with E-state index < -0.39 is 0 Å². The Morgan fingerprint density at radius 2 is 1.82 bits per heavy atom. The summed E-state index contributed by atoms with van der Waals surface area (Å²) in [6.07, 6.45) is 6.19. The van der Waals surface area contributed by atoms with E-state index in [-0.39, 0.29) is 42.7 Å². The summed E-state index contributed by atoms with van der Waals surface area (Å²) >= 11 is 0. The molecule has 152 valence electrons. The van der Waals surface area contributed by atoms with Crippen LogP contribution in [0.15, 0.2) is 42.7 Å². The molecule has 4 N–H and O–H groups in total. The molecule has 0 bridgehead atoms. The van der Waals surface area contributed by atoms with Crippen LogP contribution in [0.25, 0.3) is 0 Å². The normalized spacial score (nSPS) is 17.8. The molecule has 2 atom stereocenters. The van der Waals surface area contributed by atoms with E-state index >= 15 is 0 Å². The maximum absolute atomic E-state index is 12.8. The van der Waals surface area contributed by atoms with Gasteiger partial charge in [0.15, 0.2) is 0 Å². The molecule has 1 aromatic carbocycles. The number of nitrogens with two attached hydrogens (primary N) is 1. The molecule has 2 unspecified atom stereocenters. The van der Waals surface area contributed by atoms with Crippen molar-refractivity contribution in [3.8, 4) is 0 Å². The summed E-state index contributed by atoms with van der Waals surface area (Å²) in [6.45, 7) is 2.45. The molecule has 0 spiro atoms. The number of carbonyl (C=O) groups excluding carboxylic acids is 2. The number of hydrogen-bond donors (Lipinski definition) is 3. The number of para-hydroxylation sites is 1. The minimum absolute atomic E-state index is 0. The molecule has 1 aliphatic carbocycles. The number of amides is 2. The van der Waals surface area contributed by atoms with Crippen molar-refractivity contribution >= 4 is 42.3 Å². The first-order valence-corrected chi connectivity index (χ1v) is 8.92. The zero-order chi connectivity index (χ0) is 18.5. The van der Waals surface area contributed by atoms with Crippen molar-refractivity contribution in [1.82, 2.24) is 10.3 Å². The predicted octanol–water partition coefficient (Wildman–Crippen LogP) is 3.34. The second kappa shape index (κ2) is 11.0. The largest absolute Gasteiger partial charge is 0.349 e. The van der Waals surface area contributed by atoms with Crippen molar-refractivity contribution in [1.29, 1.82) is 0 Å². The molecule has 1 fully saturated rings. The molecule has 28 heavy (non-hydrogen) atoms. The van der Waals surface area contributed by atoms with Crippen LogP contribution >= 0.6 is 24.8 Å². The average Bonchev–Trinajstić information content (AvgIpc) is 3.11. The van der Waals surface area contributed by atoms with Gasteiger partial charge in [-0.15, -0.1) is 24.8 Å². The maximum atomic E-state index is 12.8. The molecule has 6 nitrogen and oxygen atoms in total. The van der Waals surface area contributed by atoms with Crippen molar-refractivity contribution in [2.75, 3.05) is 11.9 Å². The SMILES string of the molecule is Cc1cccc(C(=O)NC2CCCC2CN)c1NC(=O)c1ccncc1.Cl.Cl. The number of nitrogens with one attached hydrogen (secondary N) is 2. The third kappa shape index (κ3) is 5.44.